The van der Waals surface area contributed by atoms with Gasteiger partial charge in [-0.15, -0.1) is 0 Å². The van der Waals surface area contributed by atoms with Gasteiger partial charge in [0.1, 0.15) is 5.82 Å². The molecule has 1 heterocycles. The fourth-order valence-electron chi connectivity index (χ4n) is 3.99. The van der Waals surface area contributed by atoms with Gasteiger partial charge in [0.25, 0.3) is 5.91 Å². The van der Waals surface area contributed by atoms with Crippen LogP contribution in [0.3, 0.4) is 0 Å². The van der Waals surface area contributed by atoms with Gasteiger partial charge in [-0.05, 0) is 53.8 Å². The molecular weight excluding hydrogens is 414 g/mol. The second-order valence-corrected chi connectivity index (χ2v) is 7.41. The van der Waals surface area contributed by atoms with E-state index in [-0.39, 0.29) is 11.0 Å². The van der Waals surface area contributed by atoms with Gasteiger partial charge in [-0.3, -0.25) is 15.0 Å². The topological polar surface area (TPSA) is 75.1 Å². The first-order valence-corrected chi connectivity index (χ1v) is 9.43. The van der Waals surface area contributed by atoms with Gasteiger partial charge < -0.3 is 0 Å². The number of alkyl halides is 3. The van der Waals surface area contributed by atoms with Crippen molar-refractivity contribution >= 4 is 22.5 Å². The zero-order chi connectivity index (χ0) is 22.3. The molecular formula is C22H17F4N3O2. The molecule has 0 saturated heterocycles. The summed E-state index contributed by atoms with van der Waals surface area (Å²) in [5.74, 6) is -2.17. The number of carbonyl (C=O) groups excluding carboxylic acids is 1. The summed E-state index contributed by atoms with van der Waals surface area (Å²) in [5.41, 5.74) is 3.43. The number of hydrogen-bond acceptors (Lipinski definition) is 4. The lowest BCUT2D eigenvalue weighted by Crippen LogP contribution is -2.29. The predicted molar refractivity (Wildman–Crippen MR) is 104 cm³/mol. The molecule has 2 atom stereocenters. The van der Waals surface area contributed by atoms with E-state index in [4.69, 9.17) is 5.21 Å². The molecule has 9 heteroatoms. The van der Waals surface area contributed by atoms with Crippen molar-refractivity contribution in [1.29, 1.82) is 0 Å². The quantitative estimate of drug-likeness (QED) is 0.355. The third-order valence-electron chi connectivity index (χ3n) is 5.58. The molecule has 2 aromatic carbocycles. The maximum atomic E-state index is 14.1. The van der Waals surface area contributed by atoms with Gasteiger partial charge in [-0.25, -0.2) is 14.9 Å². The van der Waals surface area contributed by atoms with Crippen molar-refractivity contribution in [2.45, 2.75) is 25.4 Å². The smallest absolute Gasteiger partial charge is 0.289 e. The van der Waals surface area contributed by atoms with Gasteiger partial charge in [-0.2, -0.15) is 13.2 Å². The van der Waals surface area contributed by atoms with Crippen LogP contribution in [0, 0.1) is 18.7 Å². The highest BCUT2D eigenvalue weighted by molar-refractivity contribution is 5.88. The lowest BCUT2D eigenvalue weighted by Gasteiger charge is -2.20. The van der Waals surface area contributed by atoms with Crippen molar-refractivity contribution in [3.63, 3.8) is 0 Å². The molecule has 160 valence electrons. The van der Waals surface area contributed by atoms with Crippen LogP contribution in [-0.2, 0) is 11.0 Å². The first-order valence-electron chi connectivity index (χ1n) is 9.43. The van der Waals surface area contributed by atoms with Crippen LogP contribution in [-0.4, -0.2) is 21.1 Å². The number of halogens is 4. The zero-order valence-electron chi connectivity index (χ0n) is 16.2. The molecule has 0 aliphatic heterocycles. The number of nitrogens with one attached hydrogen (secondary N) is 1. The summed E-state index contributed by atoms with van der Waals surface area (Å²) in [4.78, 5) is 19.8. The molecule has 3 aromatic rings. The van der Waals surface area contributed by atoms with Crippen molar-refractivity contribution in [3.05, 3.63) is 76.9 Å². The van der Waals surface area contributed by atoms with Crippen LogP contribution in [0.4, 0.5) is 17.6 Å². The third kappa shape index (κ3) is 3.88. The van der Waals surface area contributed by atoms with Gasteiger partial charge in [0.2, 0.25) is 0 Å². The van der Waals surface area contributed by atoms with Gasteiger partial charge in [0.15, 0.2) is 5.69 Å². The van der Waals surface area contributed by atoms with Crippen LogP contribution < -0.4 is 5.48 Å². The lowest BCUT2D eigenvalue weighted by molar-refractivity contribution is -0.141. The number of rotatable bonds is 3. The highest BCUT2D eigenvalue weighted by Crippen LogP contribution is 2.44. The Morgan fingerprint density at radius 2 is 1.97 bits per heavy atom. The SMILES string of the molecule is Cc1c(F)cccc1C1CC(c2ccc3nc(C(F)(F)F)cnc3c2)=CC1C(=O)NO. The van der Waals surface area contributed by atoms with E-state index < -0.39 is 35.4 Å². The Balaban J connectivity index is 1.72. The number of benzene rings is 2. The average Bonchev–Trinajstić information content (AvgIpc) is 3.19. The number of nitrogens with zero attached hydrogens (tertiary/aromatic N) is 2. The molecule has 0 fully saturated rings. The molecule has 31 heavy (non-hydrogen) atoms. The molecule has 0 bridgehead atoms. The average molecular weight is 431 g/mol. The highest BCUT2D eigenvalue weighted by Gasteiger charge is 2.36. The molecule has 5 nitrogen and oxygen atoms in total. The molecule has 0 radical (unpaired) electrons. The van der Waals surface area contributed by atoms with E-state index in [2.05, 4.69) is 9.97 Å². The minimum atomic E-state index is -4.59. The fraction of sp³-hybridized carbons (Fsp3) is 0.227. The van der Waals surface area contributed by atoms with E-state index >= 15 is 0 Å². The molecule has 4 rings (SSSR count). The third-order valence-corrected chi connectivity index (χ3v) is 5.58. The van der Waals surface area contributed by atoms with E-state index in [0.29, 0.717) is 29.3 Å². The van der Waals surface area contributed by atoms with Crippen LogP contribution in [0.15, 0.2) is 48.7 Å². The monoisotopic (exact) mass is 431 g/mol. The Labute approximate surface area is 174 Å². The predicted octanol–water partition coefficient (Wildman–Crippen LogP) is 4.79. The molecule has 1 amide bonds. The van der Waals surface area contributed by atoms with E-state index in [0.717, 1.165) is 5.57 Å². The Bertz CT molecular complexity index is 1210. The number of hydroxylamine groups is 1. The maximum Gasteiger partial charge on any atom is 0.434 e. The first kappa shape index (κ1) is 20.9. The minimum Gasteiger partial charge on any atom is -0.289 e. The second kappa shape index (κ2) is 7.73. The van der Waals surface area contributed by atoms with Gasteiger partial charge >= 0.3 is 6.18 Å². The second-order valence-electron chi connectivity index (χ2n) is 7.41. The number of carbonyl (C=O) groups is 1. The molecule has 0 spiro atoms. The summed E-state index contributed by atoms with van der Waals surface area (Å²) < 4.78 is 52.7. The first-order chi connectivity index (χ1) is 14.7. The Hall–Kier alpha value is -3.33. The summed E-state index contributed by atoms with van der Waals surface area (Å²) >= 11 is 0. The van der Waals surface area contributed by atoms with Crippen molar-refractivity contribution in [2.75, 3.05) is 0 Å². The number of fused-ring (bicyclic) bond motifs is 1. The van der Waals surface area contributed by atoms with Crippen LogP contribution in [0.25, 0.3) is 16.6 Å². The van der Waals surface area contributed by atoms with Crippen LogP contribution in [0.2, 0.25) is 0 Å². The fourth-order valence-corrected chi connectivity index (χ4v) is 3.99. The van der Waals surface area contributed by atoms with Gasteiger partial charge in [-0.1, -0.05) is 24.3 Å². The van der Waals surface area contributed by atoms with Crippen molar-refractivity contribution in [2.24, 2.45) is 5.92 Å². The zero-order valence-corrected chi connectivity index (χ0v) is 16.2. The van der Waals surface area contributed by atoms with E-state index in [1.807, 2.05) is 0 Å². The molecule has 2 unspecified atom stereocenters. The normalized spacial score (nSPS) is 18.8. The number of allylic oxidation sites excluding steroid dienone is 1. The van der Waals surface area contributed by atoms with Crippen LogP contribution >= 0.6 is 0 Å². The Morgan fingerprint density at radius 3 is 2.68 bits per heavy atom. The summed E-state index contributed by atoms with van der Waals surface area (Å²) in [6.45, 7) is 1.63. The summed E-state index contributed by atoms with van der Waals surface area (Å²) in [7, 11) is 0. The Morgan fingerprint density at radius 1 is 1.19 bits per heavy atom. The van der Waals surface area contributed by atoms with Crippen LogP contribution in [0.1, 0.15) is 34.7 Å². The standard InChI is InChI=1S/C22H17F4N3O2/c1-11-14(3-2-4-17(11)23)15-7-13(8-16(15)21(30)29-31)12-5-6-18-19(9-12)27-10-20(28-18)22(24,25)26/h2-6,8-10,15-16,31H,7H2,1H3,(H,29,30). The number of amides is 1. The van der Waals surface area contributed by atoms with Crippen LogP contribution in [0.5, 0.6) is 0 Å². The summed E-state index contributed by atoms with van der Waals surface area (Å²) in [6.07, 6.45) is -1.86. The molecule has 1 aromatic heterocycles. The van der Waals surface area contributed by atoms with Crippen molar-refractivity contribution < 1.29 is 27.6 Å². The van der Waals surface area contributed by atoms with E-state index in [1.165, 1.54) is 12.1 Å². The molecule has 0 saturated carbocycles. The largest absolute Gasteiger partial charge is 0.434 e. The summed E-state index contributed by atoms with van der Waals surface area (Å²) in [6, 6.07) is 9.28. The maximum absolute atomic E-state index is 14.1. The molecule has 1 aliphatic rings. The molecule has 1 aliphatic carbocycles. The van der Waals surface area contributed by atoms with Crippen molar-refractivity contribution in [3.8, 4) is 0 Å². The van der Waals surface area contributed by atoms with E-state index in [9.17, 15) is 22.4 Å². The lowest BCUT2D eigenvalue weighted by atomic mass is 9.84. The minimum absolute atomic E-state index is 0.0966. The Kier molecular flexibility index (Phi) is 5.22. The van der Waals surface area contributed by atoms with Crippen molar-refractivity contribution in [1.82, 2.24) is 15.4 Å². The van der Waals surface area contributed by atoms with Gasteiger partial charge in [0, 0.05) is 5.92 Å². The van der Waals surface area contributed by atoms with Gasteiger partial charge in [0.05, 0.1) is 23.1 Å². The van der Waals surface area contributed by atoms with E-state index in [1.54, 1.807) is 42.7 Å². The highest BCUT2D eigenvalue weighted by atomic mass is 19.4. The molecule has 2 N–H and O–H groups in total. The number of hydrogen-bond donors (Lipinski definition) is 2. The summed E-state index contributed by atoms with van der Waals surface area (Å²) in [5, 5.41) is 9.16. The number of aromatic nitrogens is 2.